The van der Waals surface area contributed by atoms with Crippen LogP contribution >= 0.6 is 11.8 Å². The minimum absolute atomic E-state index is 0.140. The number of ether oxygens (including phenoxy) is 1. The van der Waals surface area contributed by atoms with Gasteiger partial charge in [0.25, 0.3) is 0 Å². The molecule has 1 heterocycles. The van der Waals surface area contributed by atoms with Crippen LogP contribution in [0.4, 0.5) is 5.69 Å². The van der Waals surface area contributed by atoms with E-state index in [0.29, 0.717) is 51.2 Å². The summed E-state index contributed by atoms with van der Waals surface area (Å²) in [7, 11) is -3.68. The zero-order valence-electron chi connectivity index (χ0n) is 19.4. The normalized spacial score (nSPS) is 14.2. The molecular formula is C22H35N3O5S2. The summed E-state index contributed by atoms with van der Waals surface area (Å²) in [6.07, 6.45) is 2.25. The summed E-state index contributed by atoms with van der Waals surface area (Å²) < 4.78 is 33.3. The summed E-state index contributed by atoms with van der Waals surface area (Å²) in [5, 5.41) is 2.81. The second kappa shape index (κ2) is 12.6. The molecule has 10 heteroatoms. The van der Waals surface area contributed by atoms with Crippen LogP contribution in [0.3, 0.4) is 0 Å². The SMILES string of the molecule is CCCN(CCC)S(=O)(=O)c1ccc2c(c1)N(CC(=O)NCCCOC(C)C)C(=O)CS2. The largest absolute Gasteiger partial charge is 0.379 e. The van der Waals surface area contributed by atoms with Gasteiger partial charge < -0.3 is 15.0 Å². The fourth-order valence-electron chi connectivity index (χ4n) is 3.33. The van der Waals surface area contributed by atoms with Crippen LogP contribution in [0.2, 0.25) is 0 Å². The molecule has 32 heavy (non-hydrogen) atoms. The summed E-state index contributed by atoms with van der Waals surface area (Å²) >= 11 is 1.36. The topological polar surface area (TPSA) is 96.0 Å². The van der Waals surface area contributed by atoms with Crippen LogP contribution in [0.25, 0.3) is 0 Å². The molecule has 2 rings (SSSR count). The number of nitrogens with zero attached hydrogens (tertiary/aromatic N) is 2. The minimum Gasteiger partial charge on any atom is -0.379 e. The van der Waals surface area contributed by atoms with Crippen molar-refractivity contribution in [2.75, 3.05) is 43.4 Å². The third-order valence-electron chi connectivity index (χ3n) is 4.85. The van der Waals surface area contributed by atoms with E-state index in [4.69, 9.17) is 4.74 Å². The van der Waals surface area contributed by atoms with E-state index in [1.54, 1.807) is 12.1 Å². The molecule has 0 saturated carbocycles. The predicted octanol–water partition coefficient (Wildman–Crippen LogP) is 2.87. The summed E-state index contributed by atoms with van der Waals surface area (Å²) in [5.74, 6) is -0.284. The number of carbonyl (C=O) groups is 2. The lowest BCUT2D eigenvalue weighted by Gasteiger charge is -2.29. The lowest BCUT2D eigenvalue weighted by molar-refractivity contribution is -0.123. The molecule has 2 amide bonds. The number of hydrogen-bond donors (Lipinski definition) is 1. The number of thioether (sulfide) groups is 1. The fourth-order valence-corrected chi connectivity index (χ4v) is 5.89. The van der Waals surface area contributed by atoms with Gasteiger partial charge in [-0.05, 0) is 51.3 Å². The highest BCUT2D eigenvalue weighted by Gasteiger charge is 2.30. The summed E-state index contributed by atoms with van der Waals surface area (Å²) in [6.45, 7) is 9.52. The van der Waals surface area contributed by atoms with Gasteiger partial charge >= 0.3 is 0 Å². The van der Waals surface area contributed by atoms with Gasteiger partial charge in [0.2, 0.25) is 21.8 Å². The van der Waals surface area contributed by atoms with Crippen molar-refractivity contribution in [1.82, 2.24) is 9.62 Å². The van der Waals surface area contributed by atoms with Gasteiger partial charge in [-0.15, -0.1) is 11.8 Å². The Morgan fingerprint density at radius 2 is 1.94 bits per heavy atom. The maximum absolute atomic E-state index is 13.2. The summed E-state index contributed by atoms with van der Waals surface area (Å²) in [6, 6.07) is 4.84. The number of nitrogens with one attached hydrogen (secondary N) is 1. The van der Waals surface area contributed by atoms with Crippen molar-refractivity contribution in [2.45, 2.75) is 62.9 Å². The molecule has 0 aromatic heterocycles. The van der Waals surface area contributed by atoms with Crippen LogP contribution in [-0.2, 0) is 24.3 Å². The van der Waals surface area contributed by atoms with Crippen molar-refractivity contribution in [1.29, 1.82) is 0 Å². The Bertz CT molecular complexity index is 884. The second-order valence-corrected chi connectivity index (χ2v) is 10.9. The maximum Gasteiger partial charge on any atom is 0.243 e. The number of rotatable bonds is 13. The van der Waals surface area contributed by atoms with E-state index in [2.05, 4.69) is 5.32 Å². The Morgan fingerprint density at radius 1 is 1.25 bits per heavy atom. The van der Waals surface area contributed by atoms with Crippen molar-refractivity contribution in [3.63, 3.8) is 0 Å². The van der Waals surface area contributed by atoms with Crippen LogP contribution in [0.5, 0.6) is 0 Å². The molecule has 1 aliphatic rings. The Hall–Kier alpha value is -1.62. The molecule has 0 bridgehead atoms. The minimum atomic E-state index is -3.68. The Balaban J connectivity index is 2.17. The van der Waals surface area contributed by atoms with E-state index in [1.807, 2.05) is 27.7 Å². The number of benzene rings is 1. The molecule has 0 fully saturated rings. The zero-order chi connectivity index (χ0) is 23.7. The van der Waals surface area contributed by atoms with Crippen molar-refractivity contribution in [3.8, 4) is 0 Å². The molecule has 0 spiro atoms. The predicted molar refractivity (Wildman–Crippen MR) is 128 cm³/mol. The standard InChI is InChI=1S/C22H35N3O5S2/c1-5-11-24(12-6-2)32(28,29)18-8-9-20-19(14-18)25(22(27)16-31-20)15-21(26)23-10-7-13-30-17(3)4/h8-9,14,17H,5-7,10-13,15-16H2,1-4H3,(H,23,26). The summed E-state index contributed by atoms with van der Waals surface area (Å²) in [4.78, 5) is 27.4. The molecule has 0 radical (unpaired) electrons. The molecule has 1 N–H and O–H groups in total. The number of amides is 2. The molecule has 0 saturated heterocycles. The second-order valence-electron chi connectivity index (χ2n) is 7.93. The number of hydrogen-bond acceptors (Lipinski definition) is 6. The van der Waals surface area contributed by atoms with Gasteiger partial charge in [-0.25, -0.2) is 8.42 Å². The average molecular weight is 486 g/mol. The molecule has 180 valence electrons. The Kier molecular flexibility index (Phi) is 10.5. The van der Waals surface area contributed by atoms with Gasteiger partial charge in [0.1, 0.15) is 6.54 Å². The molecule has 1 aliphatic heterocycles. The van der Waals surface area contributed by atoms with E-state index >= 15 is 0 Å². The highest BCUT2D eigenvalue weighted by molar-refractivity contribution is 8.00. The lowest BCUT2D eigenvalue weighted by Crippen LogP contribution is -2.43. The van der Waals surface area contributed by atoms with Gasteiger partial charge in [-0.3, -0.25) is 9.59 Å². The third-order valence-corrected chi connectivity index (χ3v) is 7.80. The molecule has 0 aliphatic carbocycles. The first-order valence-corrected chi connectivity index (χ1v) is 13.6. The molecule has 0 atom stereocenters. The molecule has 8 nitrogen and oxygen atoms in total. The average Bonchev–Trinajstić information content (AvgIpc) is 2.74. The Labute approximate surface area is 196 Å². The van der Waals surface area contributed by atoms with Crippen molar-refractivity contribution >= 4 is 39.3 Å². The van der Waals surface area contributed by atoms with Gasteiger partial charge in [-0.2, -0.15) is 4.31 Å². The first-order chi connectivity index (χ1) is 15.2. The van der Waals surface area contributed by atoms with E-state index in [-0.39, 0.29) is 35.1 Å². The van der Waals surface area contributed by atoms with Gasteiger partial charge in [0.05, 0.1) is 22.4 Å². The van der Waals surface area contributed by atoms with E-state index in [0.717, 1.165) is 4.90 Å². The molecule has 0 unspecified atom stereocenters. The van der Waals surface area contributed by atoms with Crippen LogP contribution < -0.4 is 10.2 Å². The number of sulfonamides is 1. The quantitative estimate of drug-likeness (QED) is 0.432. The number of carbonyl (C=O) groups excluding carboxylic acids is 2. The van der Waals surface area contributed by atoms with Crippen LogP contribution in [0.15, 0.2) is 28.0 Å². The Morgan fingerprint density at radius 3 is 2.56 bits per heavy atom. The van der Waals surface area contributed by atoms with E-state index < -0.39 is 10.0 Å². The third kappa shape index (κ3) is 7.19. The van der Waals surface area contributed by atoms with E-state index in [9.17, 15) is 18.0 Å². The van der Waals surface area contributed by atoms with Crippen molar-refractivity contribution in [3.05, 3.63) is 18.2 Å². The summed E-state index contributed by atoms with van der Waals surface area (Å²) in [5.41, 5.74) is 0.471. The van der Waals surface area contributed by atoms with E-state index in [1.165, 1.54) is 27.0 Å². The number of anilines is 1. The van der Waals surface area contributed by atoms with Crippen molar-refractivity contribution in [2.24, 2.45) is 0 Å². The highest BCUT2D eigenvalue weighted by atomic mass is 32.2. The monoisotopic (exact) mass is 485 g/mol. The molecule has 1 aromatic carbocycles. The molecule has 1 aromatic rings. The molecular weight excluding hydrogens is 450 g/mol. The first-order valence-electron chi connectivity index (χ1n) is 11.2. The first kappa shape index (κ1) is 26.6. The smallest absolute Gasteiger partial charge is 0.243 e. The van der Waals surface area contributed by atoms with Gasteiger partial charge in [0, 0.05) is 31.1 Å². The van der Waals surface area contributed by atoms with Crippen LogP contribution in [0, 0.1) is 0 Å². The zero-order valence-corrected chi connectivity index (χ0v) is 21.1. The van der Waals surface area contributed by atoms with Crippen LogP contribution in [-0.4, -0.2) is 69.2 Å². The van der Waals surface area contributed by atoms with Crippen LogP contribution in [0.1, 0.15) is 47.0 Å². The maximum atomic E-state index is 13.2. The highest BCUT2D eigenvalue weighted by Crippen LogP contribution is 2.37. The van der Waals surface area contributed by atoms with Gasteiger partial charge in [0.15, 0.2) is 0 Å². The number of fused-ring (bicyclic) bond motifs is 1. The fraction of sp³-hybridized carbons (Fsp3) is 0.636. The van der Waals surface area contributed by atoms with Gasteiger partial charge in [-0.1, -0.05) is 13.8 Å². The van der Waals surface area contributed by atoms with Crippen molar-refractivity contribution < 1.29 is 22.7 Å². The lowest BCUT2D eigenvalue weighted by atomic mass is 10.2.